The van der Waals surface area contributed by atoms with Crippen molar-refractivity contribution >= 4 is 0 Å². The molecule has 0 atom stereocenters. The van der Waals surface area contributed by atoms with Crippen LogP contribution in [-0.2, 0) is 9.47 Å². The molecule has 0 saturated carbocycles. The summed E-state index contributed by atoms with van der Waals surface area (Å²) in [6.07, 6.45) is 6.11. The summed E-state index contributed by atoms with van der Waals surface area (Å²) in [5.74, 6) is 0. The Balaban J connectivity index is 0. The molecule has 2 nitrogen and oxygen atoms in total. The van der Waals surface area contributed by atoms with Crippen LogP contribution in [0.3, 0.4) is 0 Å². The summed E-state index contributed by atoms with van der Waals surface area (Å²) < 4.78 is 10.3. The van der Waals surface area contributed by atoms with Crippen LogP contribution in [0.1, 0.15) is 59.8 Å². The lowest BCUT2D eigenvalue weighted by Crippen LogP contribution is -1.94. The third-order valence-electron chi connectivity index (χ3n) is 1.79. The summed E-state index contributed by atoms with van der Waals surface area (Å²) >= 11 is 0. The average Bonchev–Trinajstić information content (AvgIpc) is 2.27. The van der Waals surface area contributed by atoms with Gasteiger partial charge in [-0.1, -0.05) is 33.6 Å². The standard InChI is InChI=1S/C8H18O.C5H12O/c1-3-5-6-8-9-7-4-2;1-3-5-6-4-2/h3-8H2,1-2H3;3-5H2,1-2H3. The van der Waals surface area contributed by atoms with Crippen molar-refractivity contribution in [2.45, 2.75) is 59.8 Å². The van der Waals surface area contributed by atoms with Gasteiger partial charge in [0.25, 0.3) is 0 Å². The minimum atomic E-state index is 0.855. The summed E-state index contributed by atoms with van der Waals surface area (Å²) in [6, 6.07) is 0. The molecule has 0 saturated heterocycles. The van der Waals surface area contributed by atoms with Crippen molar-refractivity contribution in [3.63, 3.8) is 0 Å². The van der Waals surface area contributed by atoms with Crippen LogP contribution in [0.5, 0.6) is 0 Å². The third-order valence-corrected chi connectivity index (χ3v) is 1.79. The first-order valence-electron chi connectivity index (χ1n) is 6.48. The minimum absolute atomic E-state index is 0.855. The second-order valence-corrected chi connectivity index (χ2v) is 3.52. The van der Waals surface area contributed by atoms with Crippen molar-refractivity contribution in [2.24, 2.45) is 0 Å². The Morgan fingerprint density at radius 3 is 1.60 bits per heavy atom. The maximum atomic E-state index is 5.28. The van der Waals surface area contributed by atoms with Crippen LogP contribution in [0.4, 0.5) is 0 Å². The topological polar surface area (TPSA) is 18.5 Å². The predicted molar refractivity (Wildman–Crippen MR) is 67.4 cm³/mol. The van der Waals surface area contributed by atoms with E-state index in [-0.39, 0.29) is 0 Å². The summed E-state index contributed by atoms with van der Waals surface area (Å²) in [6.45, 7) is 12.1. The van der Waals surface area contributed by atoms with Gasteiger partial charge in [-0.05, 0) is 26.2 Å². The monoisotopic (exact) mass is 218 g/mol. The number of rotatable bonds is 9. The van der Waals surface area contributed by atoms with Crippen LogP contribution < -0.4 is 0 Å². The van der Waals surface area contributed by atoms with Gasteiger partial charge in [-0.2, -0.15) is 0 Å². The molecule has 0 amide bonds. The fourth-order valence-corrected chi connectivity index (χ4v) is 0.989. The van der Waals surface area contributed by atoms with Crippen molar-refractivity contribution < 1.29 is 9.47 Å². The predicted octanol–water partition coefficient (Wildman–Crippen LogP) is 4.04. The highest BCUT2D eigenvalue weighted by Gasteiger charge is 1.84. The van der Waals surface area contributed by atoms with Crippen molar-refractivity contribution in [3.8, 4) is 0 Å². The van der Waals surface area contributed by atoms with E-state index in [1.54, 1.807) is 0 Å². The van der Waals surface area contributed by atoms with Crippen molar-refractivity contribution in [2.75, 3.05) is 26.4 Å². The maximum absolute atomic E-state index is 5.28. The highest BCUT2D eigenvalue weighted by molar-refractivity contribution is 4.35. The Labute approximate surface area is 96.4 Å². The molecule has 0 aromatic rings. The zero-order valence-electron chi connectivity index (χ0n) is 11.2. The van der Waals surface area contributed by atoms with E-state index in [1.165, 1.54) is 19.3 Å². The van der Waals surface area contributed by atoms with Crippen molar-refractivity contribution in [1.29, 1.82) is 0 Å². The molecule has 0 aliphatic carbocycles. The van der Waals surface area contributed by atoms with Crippen LogP contribution >= 0.6 is 0 Å². The molecule has 0 aromatic heterocycles. The van der Waals surface area contributed by atoms with Gasteiger partial charge in [0.2, 0.25) is 0 Å². The molecule has 15 heavy (non-hydrogen) atoms. The first-order chi connectivity index (χ1) is 7.33. The minimum Gasteiger partial charge on any atom is -0.382 e. The molecule has 0 fully saturated rings. The molecular formula is C13H30O2. The van der Waals surface area contributed by atoms with E-state index in [0.29, 0.717) is 0 Å². The first-order valence-corrected chi connectivity index (χ1v) is 6.48. The molecular weight excluding hydrogens is 188 g/mol. The van der Waals surface area contributed by atoms with Gasteiger partial charge in [-0.15, -0.1) is 0 Å². The third kappa shape index (κ3) is 24.9. The Bertz CT molecular complexity index is 74.6. The van der Waals surface area contributed by atoms with Crippen molar-refractivity contribution in [3.05, 3.63) is 0 Å². The highest BCUT2D eigenvalue weighted by Crippen LogP contribution is 1.93. The fraction of sp³-hybridized carbons (Fsp3) is 1.00. The van der Waals surface area contributed by atoms with Crippen LogP contribution in [0.15, 0.2) is 0 Å². The van der Waals surface area contributed by atoms with Crippen molar-refractivity contribution in [1.82, 2.24) is 0 Å². The molecule has 0 spiro atoms. The zero-order valence-corrected chi connectivity index (χ0v) is 11.2. The smallest absolute Gasteiger partial charge is 0.0466 e. The van der Waals surface area contributed by atoms with E-state index in [9.17, 15) is 0 Å². The molecule has 2 heteroatoms. The molecule has 0 unspecified atom stereocenters. The van der Waals surface area contributed by atoms with Gasteiger partial charge in [-0.3, -0.25) is 0 Å². The van der Waals surface area contributed by atoms with E-state index in [1.807, 2.05) is 6.92 Å². The van der Waals surface area contributed by atoms with Gasteiger partial charge in [0.05, 0.1) is 0 Å². The molecule has 0 bridgehead atoms. The molecule has 94 valence electrons. The molecule has 0 aromatic carbocycles. The summed E-state index contributed by atoms with van der Waals surface area (Å²) in [4.78, 5) is 0. The average molecular weight is 218 g/mol. The molecule has 0 N–H and O–H groups in total. The van der Waals surface area contributed by atoms with Crippen LogP contribution in [0.25, 0.3) is 0 Å². The van der Waals surface area contributed by atoms with Gasteiger partial charge in [-0.25, -0.2) is 0 Å². The van der Waals surface area contributed by atoms with Gasteiger partial charge in [0.15, 0.2) is 0 Å². The maximum Gasteiger partial charge on any atom is 0.0466 e. The molecule has 0 heterocycles. The van der Waals surface area contributed by atoms with E-state index in [0.717, 1.165) is 39.3 Å². The quantitative estimate of drug-likeness (QED) is 0.544. The van der Waals surface area contributed by atoms with Gasteiger partial charge < -0.3 is 9.47 Å². The van der Waals surface area contributed by atoms with Gasteiger partial charge in [0.1, 0.15) is 0 Å². The molecule has 0 radical (unpaired) electrons. The van der Waals surface area contributed by atoms with E-state index >= 15 is 0 Å². The Morgan fingerprint density at radius 2 is 1.20 bits per heavy atom. The molecule has 0 aliphatic heterocycles. The number of ether oxygens (including phenoxy) is 2. The first kappa shape index (κ1) is 17.3. The van der Waals surface area contributed by atoms with Gasteiger partial charge >= 0.3 is 0 Å². The zero-order chi connectivity index (χ0) is 11.8. The van der Waals surface area contributed by atoms with E-state index in [4.69, 9.17) is 9.47 Å². The number of hydrogen-bond donors (Lipinski definition) is 0. The lowest BCUT2D eigenvalue weighted by atomic mass is 10.3. The highest BCUT2D eigenvalue weighted by atomic mass is 16.5. The second-order valence-electron chi connectivity index (χ2n) is 3.52. The van der Waals surface area contributed by atoms with Crippen LogP contribution in [0, 0.1) is 0 Å². The second kappa shape index (κ2) is 19.5. The lowest BCUT2D eigenvalue weighted by molar-refractivity contribution is 0.131. The Kier molecular flexibility index (Phi) is 22.5. The van der Waals surface area contributed by atoms with E-state index in [2.05, 4.69) is 20.8 Å². The van der Waals surface area contributed by atoms with E-state index < -0.39 is 0 Å². The number of unbranched alkanes of at least 4 members (excludes halogenated alkanes) is 2. The summed E-state index contributed by atoms with van der Waals surface area (Å²) in [5.41, 5.74) is 0. The summed E-state index contributed by atoms with van der Waals surface area (Å²) in [5, 5.41) is 0. The van der Waals surface area contributed by atoms with Crippen LogP contribution in [0.2, 0.25) is 0 Å². The van der Waals surface area contributed by atoms with Crippen LogP contribution in [-0.4, -0.2) is 26.4 Å². The molecule has 0 rings (SSSR count). The van der Waals surface area contributed by atoms with Gasteiger partial charge in [0, 0.05) is 26.4 Å². The normalized spacial score (nSPS) is 9.60. The Hall–Kier alpha value is -0.0800. The fourth-order valence-electron chi connectivity index (χ4n) is 0.989. The molecule has 0 aliphatic rings. The Morgan fingerprint density at radius 1 is 0.600 bits per heavy atom. The SMILES string of the molecule is CCCCCOCCC.CCCOCC. The lowest BCUT2D eigenvalue weighted by Gasteiger charge is -1.99. The summed E-state index contributed by atoms with van der Waals surface area (Å²) in [7, 11) is 0. The number of hydrogen-bond acceptors (Lipinski definition) is 2. The largest absolute Gasteiger partial charge is 0.382 e.